The molecule has 2 aliphatic rings. The Hall–Kier alpha value is -1.75. The Labute approximate surface area is 150 Å². The van der Waals surface area contributed by atoms with Gasteiger partial charge in [0, 0.05) is 20.2 Å². The first-order chi connectivity index (χ1) is 12.1. The molecule has 25 heavy (non-hydrogen) atoms. The molecule has 0 radical (unpaired) electrons. The first-order valence-corrected chi connectivity index (χ1v) is 9.22. The average Bonchev–Trinajstić information content (AvgIpc) is 3.33. The number of methoxy groups -OCH3 is 2. The average molecular weight is 347 g/mol. The second-order valence-corrected chi connectivity index (χ2v) is 7.11. The number of hydrogen-bond donors (Lipinski definition) is 0. The summed E-state index contributed by atoms with van der Waals surface area (Å²) >= 11 is 0. The molecule has 1 saturated heterocycles. The van der Waals surface area contributed by atoms with Crippen molar-refractivity contribution in [3.05, 3.63) is 23.8 Å². The summed E-state index contributed by atoms with van der Waals surface area (Å²) in [5.74, 6) is 2.82. The van der Waals surface area contributed by atoms with E-state index in [2.05, 4.69) is 12.1 Å². The fourth-order valence-corrected chi connectivity index (χ4v) is 3.72. The number of carbonyl (C=O) groups is 1. The van der Waals surface area contributed by atoms with Gasteiger partial charge in [0.2, 0.25) is 0 Å². The van der Waals surface area contributed by atoms with Crippen LogP contribution >= 0.6 is 0 Å². The molecule has 2 fully saturated rings. The highest BCUT2D eigenvalue weighted by molar-refractivity contribution is 5.80. The summed E-state index contributed by atoms with van der Waals surface area (Å²) in [5.41, 5.74) is 1.28. The third-order valence-corrected chi connectivity index (χ3v) is 5.38. The van der Waals surface area contributed by atoms with Crippen molar-refractivity contribution < 1.29 is 19.0 Å². The molecule has 1 aliphatic carbocycles. The smallest absolute Gasteiger partial charge is 0.251 e. The Bertz CT molecular complexity index is 593. The highest BCUT2D eigenvalue weighted by Gasteiger charge is 2.33. The highest BCUT2D eigenvalue weighted by Crippen LogP contribution is 2.46. The van der Waals surface area contributed by atoms with Crippen molar-refractivity contribution in [2.45, 2.75) is 44.1 Å². The summed E-state index contributed by atoms with van der Waals surface area (Å²) in [7, 11) is 5.21. The minimum atomic E-state index is -0.231. The number of carbonyl (C=O) groups excluding carboxylic acids is 1. The maximum Gasteiger partial charge on any atom is 0.251 e. The van der Waals surface area contributed by atoms with Crippen LogP contribution in [0, 0.1) is 5.92 Å². The normalized spacial score (nSPS) is 21.0. The molecule has 1 aromatic carbocycles. The first-order valence-electron chi connectivity index (χ1n) is 9.22. The van der Waals surface area contributed by atoms with Crippen LogP contribution in [0.1, 0.15) is 43.6 Å². The third kappa shape index (κ3) is 4.27. The number of amides is 1. The zero-order valence-corrected chi connectivity index (χ0v) is 15.5. The summed E-state index contributed by atoms with van der Waals surface area (Å²) in [4.78, 5) is 14.3. The second kappa shape index (κ2) is 8.09. The molecule has 1 aliphatic heterocycles. The predicted octanol–water partition coefficient (Wildman–Crippen LogP) is 3.22. The third-order valence-electron chi connectivity index (χ3n) is 5.38. The molecular weight excluding hydrogens is 318 g/mol. The summed E-state index contributed by atoms with van der Waals surface area (Å²) in [5, 5.41) is 0. The van der Waals surface area contributed by atoms with E-state index >= 15 is 0 Å². The fraction of sp³-hybridized carbons (Fsp3) is 0.650. The SMILES string of the molecule is COc1ccc(C(CCN(C)C(=O)C2CCCO2)C2CC2)cc1OC. The van der Waals surface area contributed by atoms with Crippen LogP contribution in [-0.2, 0) is 9.53 Å². The number of benzene rings is 1. The van der Waals surface area contributed by atoms with Crippen LogP contribution in [0.25, 0.3) is 0 Å². The lowest BCUT2D eigenvalue weighted by Crippen LogP contribution is -2.37. The first kappa shape index (κ1) is 18.1. The number of nitrogens with zero attached hydrogens (tertiary/aromatic N) is 1. The van der Waals surface area contributed by atoms with E-state index in [1.54, 1.807) is 14.2 Å². The van der Waals surface area contributed by atoms with Gasteiger partial charge in [-0.05, 0) is 61.6 Å². The van der Waals surface area contributed by atoms with Crippen LogP contribution in [0.15, 0.2) is 18.2 Å². The van der Waals surface area contributed by atoms with Gasteiger partial charge in [-0.25, -0.2) is 0 Å². The molecule has 2 atom stereocenters. The lowest BCUT2D eigenvalue weighted by atomic mass is 9.90. The van der Waals surface area contributed by atoms with Crippen molar-refractivity contribution in [1.82, 2.24) is 4.90 Å². The summed E-state index contributed by atoms with van der Waals surface area (Å²) in [6, 6.07) is 6.20. The topological polar surface area (TPSA) is 48.0 Å². The lowest BCUT2D eigenvalue weighted by molar-refractivity contribution is -0.139. The Morgan fingerprint density at radius 3 is 2.60 bits per heavy atom. The molecule has 1 saturated carbocycles. The maximum absolute atomic E-state index is 12.4. The van der Waals surface area contributed by atoms with E-state index in [9.17, 15) is 4.79 Å². The van der Waals surface area contributed by atoms with Gasteiger partial charge < -0.3 is 19.1 Å². The van der Waals surface area contributed by atoms with E-state index in [4.69, 9.17) is 14.2 Å². The number of hydrogen-bond acceptors (Lipinski definition) is 4. The Balaban J connectivity index is 1.64. The van der Waals surface area contributed by atoms with Gasteiger partial charge >= 0.3 is 0 Å². The van der Waals surface area contributed by atoms with Gasteiger partial charge in [0.25, 0.3) is 5.91 Å². The van der Waals surface area contributed by atoms with E-state index in [0.29, 0.717) is 18.4 Å². The van der Waals surface area contributed by atoms with E-state index in [1.807, 2.05) is 18.0 Å². The molecule has 3 rings (SSSR count). The molecule has 5 nitrogen and oxygen atoms in total. The van der Waals surface area contributed by atoms with Crippen LogP contribution in [-0.4, -0.2) is 51.3 Å². The molecule has 0 N–H and O–H groups in total. The van der Waals surface area contributed by atoms with E-state index in [0.717, 1.165) is 37.3 Å². The fourth-order valence-electron chi connectivity index (χ4n) is 3.72. The Kier molecular flexibility index (Phi) is 5.84. The molecule has 1 amide bonds. The van der Waals surface area contributed by atoms with Crippen LogP contribution in [0.3, 0.4) is 0 Å². The summed E-state index contributed by atoms with van der Waals surface area (Å²) in [6.45, 7) is 1.47. The van der Waals surface area contributed by atoms with Crippen molar-refractivity contribution >= 4 is 5.91 Å². The summed E-state index contributed by atoms with van der Waals surface area (Å²) in [6.07, 6.45) is 5.11. The van der Waals surface area contributed by atoms with Gasteiger partial charge in [0.15, 0.2) is 11.5 Å². The van der Waals surface area contributed by atoms with Crippen molar-refractivity contribution in [3.63, 3.8) is 0 Å². The quantitative estimate of drug-likeness (QED) is 0.724. The second-order valence-electron chi connectivity index (χ2n) is 7.11. The zero-order valence-electron chi connectivity index (χ0n) is 15.5. The van der Waals surface area contributed by atoms with Gasteiger partial charge in [-0.15, -0.1) is 0 Å². The Morgan fingerprint density at radius 2 is 2.00 bits per heavy atom. The predicted molar refractivity (Wildman–Crippen MR) is 96.2 cm³/mol. The van der Waals surface area contributed by atoms with Gasteiger partial charge in [0.05, 0.1) is 14.2 Å². The van der Waals surface area contributed by atoms with Crippen molar-refractivity contribution in [2.75, 3.05) is 34.4 Å². The minimum absolute atomic E-state index is 0.124. The van der Waals surface area contributed by atoms with Crippen molar-refractivity contribution in [3.8, 4) is 11.5 Å². The molecule has 0 aromatic heterocycles. The zero-order chi connectivity index (χ0) is 17.8. The Morgan fingerprint density at radius 1 is 1.24 bits per heavy atom. The molecule has 0 spiro atoms. The van der Waals surface area contributed by atoms with Crippen molar-refractivity contribution in [2.24, 2.45) is 5.92 Å². The van der Waals surface area contributed by atoms with E-state index < -0.39 is 0 Å². The van der Waals surface area contributed by atoms with E-state index in [-0.39, 0.29) is 12.0 Å². The maximum atomic E-state index is 12.4. The monoisotopic (exact) mass is 347 g/mol. The molecule has 138 valence electrons. The molecule has 1 aromatic rings. The number of rotatable bonds is 8. The minimum Gasteiger partial charge on any atom is -0.493 e. The van der Waals surface area contributed by atoms with Gasteiger partial charge in [0.1, 0.15) is 6.10 Å². The van der Waals surface area contributed by atoms with E-state index in [1.165, 1.54) is 18.4 Å². The molecule has 5 heteroatoms. The lowest BCUT2D eigenvalue weighted by Gasteiger charge is -2.24. The molecule has 2 unspecified atom stereocenters. The van der Waals surface area contributed by atoms with Crippen LogP contribution < -0.4 is 9.47 Å². The van der Waals surface area contributed by atoms with Crippen LogP contribution in [0.4, 0.5) is 0 Å². The largest absolute Gasteiger partial charge is 0.493 e. The van der Waals surface area contributed by atoms with Crippen LogP contribution in [0.2, 0.25) is 0 Å². The molecular formula is C20H29NO4. The standard InChI is InChI=1S/C20H29NO4/c1-21(20(22)18-5-4-12-25-18)11-10-16(14-6-7-14)15-8-9-17(23-2)19(13-15)24-3/h8-9,13-14,16,18H,4-7,10-12H2,1-3H3. The van der Waals surface area contributed by atoms with Gasteiger partial charge in [-0.3, -0.25) is 4.79 Å². The number of likely N-dealkylation sites (N-methyl/N-ethyl adjacent to an activating group) is 1. The molecule has 0 bridgehead atoms. The van der Waals surface area contributed by atoms with Crippen LogP contribution in [0.5, 0.6) is 11.5 Å². The van der Waals surface area contributed by atoms with Gasteiger partial charge in [-0.1, -0.05) is 6.07 Å². The van der Waals surface area contributed by atoms with Gasteiger partial charge in [-0.2, -0.15) is 0 Å². The van der Waals surface area contributed by atoms with Crippen molar-refractivity contribution in [1.29, 1.82) is 0 Å². The molecule has 1 heterocycles. The summed E-state index contributed by atoms with van der Waals surface area (Å²) < 4.78 is 16.3. The number of ether oxygens (including phenoxy) is 3. The highest BCUT2D eigenvalue weighted by atomic mass is 16.5.